The van der Waals surface area contributed by atoms with Crippen LogP contribution >= 0.6 is 23.2 Å². The Morgan fingerprint density at radius 3 is 2.33 bits per heavy atom. The number of benzene rings is 2. The number of rotatable bonds is 5. The van der Waals surface area contributed by atoms with E-state index in [0.717, 1.165) is 0 Å². The zero-order chi connectivity index (χ0) is 19.4. The van der Waals surface area contributed by atoms with Gasteiger partial charge in [-0.05, 0) is 43.3 Å². The second-order valence-corrected chi connectivity index (χ2v) is 6.46. The standard InChI is InChI=1S/C18H15Cl2N5O2/c1-11(25-10-21-9-22-25)17(26)23-12-5-7-13(8-6-12)24-18(27)14-3-2-4-15(19)16(14)20/h2-11H,1H3,(H,23,26)(H,24,27). The van der Waals surface area contributed by atoms with Crippen LogP contribution in [-0.2, 0) is 4.79 Å². The first-order chi connectivity index (χ1) is 13.0. The Balaban J connectivity index is 1.64. The van der Waals surface area contributed by atoms with E-state index < -0.39 is 6.04 Å². The van der Waals surface area contributed by atoms with Crippen LogP contribution in [-0.4, -0.2) is 26.6 Å². The summed E-state index contributed by atoms with van der Waals surface area (Å²) in [6.07, 6.45) is 2.84. The number of hydrogen-bond acceptors (Lipinski definition) is 4. The fourth-order valence-corrected chi connectivity index (χ4v) is 2.69. The van der Waals surface area contributed by atoms with Crippen LogP contribution in [0.1, 0.15) is 23.3 Å². The van der Waals surface area contributed by atoms with Gasteiger partial charge in [0.05, 0.1) is 15.6 Å². The van der Waals surface area contributed by atoms with Crippen LogP contribution in [0.25, 0.3) is 0 Å². The van der Waals surface area contributed by atoms with Gasteiger partial charge < -0.3 is 10.6 Å². The second kappa shape index (κ2) is 8.20. The largest absolute Gasteiger partial charge is 0.324 e. The van der Waals surface area contributed by atoms with Crippen LogP contribution in [0.2, 0.25) is 10.0 Å². The van der Waals surface area contributed by atoms with E-state index in [1.807, 2.05) is 0 Å². The van der Waals surface area contributed by atoms with Gasteiger partial charge in [-0.15, -0.1) is 0 Å². The maximum atomic E-state index is 12.3. The summed E-state index contributed by atoms with van der Waals surface area (Å²) >= 11 is 12.0. The second-order valence-electron chi connectivity index (χ2n) is 5.67. The molecular weight excluding hydrogens is 389 g/mol. The molecule has 0 bridgehead atoms. The third-order valence-electron chi connectivity index (χ3n) is 3.82. The number of nitrogens with one attached hydrogen (secondary N) is 2. The molecule has 2 aromatic carbocycles. The van der Waals surface area contributed by atoms with Crippen LogP contribution in [0.3, 0.4) is 0 Å². The Hall–Kier alpha value is -2.90. The molecule has 1 atom stereocenters. The predicted molar refractivity (Wildman–Crippen MR) is 104 cm³/mol. The molecule has 0 saturated carbocycles. The van der Waals surface area contributed by atoms with Crippen molar-refractivity contribution < 1.29 is 9.59 Å². The highest BCUT2D eigenvalue weighted by atomic mass is 35.5. The lowest BCUT2D eigenvalue weighted by atomic mass is 10.2. The Labute approximate surface area is 165 Å². The Morgan fingerprint density at radius 1 is 1.04 bits per heavy atom. The first kappa shape index (κ1) is 18.9. The van der Waals surface area contributed by atoms with Gasteiger partial charge in [-0.3, -0.25) is 9.59 Å². The van der Waals surface area contributed by atoms with Gasteiger partial charge in [-0.1, -0.05) is 29.3 Å². The lowest BCUT2D eigenvalue weighted by molar-refractivity contribution is -0.119. The summed E-state index contributed by atoms with van der Waals surface area (Å²) in [5.41, 5.74) is 1.42. The predicted octanol–water partition coefficient (Wildman–Crippen LogP) is 4.04. The molecular formula is C18H15Cl2N5O2. The van der Waals surface area contributed by atoms with Crippen molar-refractivity contribution in [3.05, 3.63) is 70.7 Å². The van der Waals surface area contributed by atoms with E-state index in [2.05, 4.69) is 20.7 Å². The third-order valence-corrected chi connectivity index (χ3v) is 4.64. The summed E-state index contributed by atoms with van der Waals surface area (Å²) in [5.74, 6) is -0.609. The number of halogens is 2. The lowest BCUT2D eigenvalue weighted by Crippen LogP contribution is -2.24. The molecule has 2 N–H and O–H groups in total. The minimum absolute atomic E-state index is 0.197. The molecule has 0 fully saturated rings. The fraction of sp³-hybridized carbons (Fsp3) is 0.111. The number of amides is 2. The minimum Gasteiger partial charge on any atom is -0.324 e. The molecule has 0 spiro atoms. The molecule has 138 valence electrons. The highest BCUT2D eigenvalue weighted by Crippen LogP contribution is 2.26. The Morgan fingerprint density at radius 2 is 1.70 bits per heavy atom. The topological polar surface area (TPSA) is 88.9 Å². The van der Waals surface area contributed by atoms with Gasteiger partial charge in [0.2, 0.25) is 5.91 Å². The SMILES string of the molecule is CC(C(=O)Nc1ccc(NC(=O)c2cccc(Cl)c2Cl)cc1)n1cncn1. The fourth-order valence-electron chi connectivity index (χ4n) is 2.30. The van der Waals surface area contributed by atoms with Crippen LogP contribution in [0.15, 0.2) is 55.1 Å². The van der Waals surface area contributed by atoms with Crippen molar-refractivity contribution in [3.63, 3.8) is 0 Å². The van der Waals surface area contributed by atoms with Crippen molar-refractivity contribution in [1.29, 1.82) is 0 Å². The summed E-state index contributed by atoms with van der Waals surface area (Å²) in [6.45, 7) is 1.72. The van der Waals surface area contributed by atoms with Gasteiger partial charge in [-0.2, -0.15) is 5.10 Å². The van der Waals surface area contributed by atoms with Crippen molar-refractivity contribution in [2.24, 2.45) is 0 Å². The maximum Gasteiger partial charge on any atom is 0.257 e. The summed E-state index contributed by atoms with van der Waals surface area (Å²) < 4.78 is 1.46. The first-order valence-electron chi connectivity index (χ1n) is 7.96. The molecule has 27 heavy (non-hydrogen) atoms. The van der Waals surface area contributed by atoms with Crippen molar-refractivity contribution >= 4 is 46.4 Å². The molecule has 1 aromatic heterocycles. The summed E-state index contributed by atoms with van der Waals surface area (Å²) in [4.78, 5) is 28.4. The molecule has 1 heterocycles. The van der Waals surface area contributed by atoms with Crippen LogP contribution in [0.4, 0.5) is 11.4 Å². The highest BCUT2D eigenvalue weighted by Gasteiger charge is 2.16. The molecule has 0 saturated heterocycles. The van der Waals surface area contributed by atoms with Gasteiger partial charge in [0.1, 0.15) is 18.7 Å². The number of carbonyl (C=O) groups is 2. The number of anilines is 2. The van der Waals surface area contributed by atoms with Crippen molar-refractivity contribution in [2.45, 2.75) is 13.0 Å². The molecule has 0 aliphatic rings. The molecule has 0 aliphatic carbocycles. The van der Waals surface area contributed by atoms with Gasteiger partial charge >= 0.3 is 0 Å². The third kappa shape index (κ3) is 4.45. The average Bonchev–Trinajstić information content (AvgIpc) is 3.19. The molecule has 0 aliphatic heterocycles. The quantitative estimate of drug-likeness (QED) is 0.672. The molecule has 2 amide bonds. The zero-order valence-corrected chi connectivity index (χ0v) is 15.7. The first-order valence-corrected chi connectivity index (χ1v) is 8.71. The van der Waals surface area contributed by atoms with E-state index in [4.69, 9.17) is 23.2 Å². The highest BCUT2D eigenvalue weighted by molar-refractivity contribution is 6.44. The van der Waals surface area contributed by atoms with E-state index in [9.17, 15) is 9.59 Å². The van der Waals surface area contributed by atoms with Gasteiger partial charge in [-0.25, -0.2) is 9.67 Å². The monoisotopic (exact) mass is 403 g/mol. The van der Waals surface area contributed by atoms with E-state index in [-0.39, 0.29) is 22.4 Å². The van der Waals surface area contributed by atoms with Crippen molar-refractivity contribution in [1.82, 2.24) is 14.8 Å². The van der Waals surface area contributed by atoms with E-state index in [1.54, 1.807) is 49.4 Å². The molecule has 9 heteroatoms. The van der Waals surface area contributed by atoms with E-state index in [0.29, 0.717) is 16.4 Å². The van der Waals surface area contributed by atoms with Gasteiger partial charge in [0.15, 0.2) is 0 Å². The Bertz CT molecular complexity index is 958. The normalized spacial score (nSPS) is 11.7. The summed E-state index contributed by atoms with van der Waals surface area (Å²) in [7, 11) is 0. The summed E-state index contributed by atoms with van der Waals surface area (Å²) in [6, 6.07) is 11.1. The van der Waals surface area contributed by atoms with E-state index >= 15 is 0 Å². The number of carbonyl (C=O) groups excluding carboxylic acids is 2. The van der Waals surface area contributed by atoms with Gasteiger partial charge in [0.25, 0.3) is 5.91 Å². The molecule has 1 unspecified atom stereocenters. The van der Waals surface area contributed by atoms with Crippen LogP contribution in [0, 0.1) is 0 Å². The van der Waals surface area contributed by atoms with E-state index in [1.165, 1.54) is 17.3 Å². The smallest absolute Gasteiger partial charge is 0.257 e. The number of nitrogens with zero attached hydrogens (tertiary/aromatic N) is 3. The lowest BCUT2D eigenvalue weighted by Gasteiger charge is -2.13. The van der Waals surface area contributed by atoms with Crippen LogP contribution < -0.4 is 10.6 Å². The molecule has 3 rings (SSSR count). The zero-order valence-electron chi connectivity index (χ0n) is 14.2. The average molecular weight is 404 g/mol. The van der Waals surface area contributed by atoms with Crippen LogP contribution in [0.5, 0.6) is 0 Å². The summed E-state index contributed by atoms with van der Waals surface area (Å²) in [5, 5.41) is 9.97. The van der Waals surface area contributed by atoms with Crippen molar-refractivity contribution in [2.75, 3.05) is 10.6 Å². The van der Waals surface area contributed by atoms with Gasteiger partial charge in [0, 0.05) is 11.4 Å². The minimum atomic E-state index is -0.503. The number of hydrogen-bond donors (Lipinski definition) is 2. The number of aromatic nitrogens is 3. The van der Waals surface area contributed by atoms with Crippen molar-refractivity contribution in [3.8, 4) is 0 Å². The molecule has 0 radical (unpaired) electrons. The Kier molecular flexibility index (Phi) is 5.73. The maximum absolute atomic E-state index is 12.3. The molecule has 7 nitrogen and oxygen atoms in total. The molecule has 3 aromatic rings.